The number of hydrogen-bond acceptors (Lipinski definition) is 1. The van der Waals surface area contributed by atoms with Gasteiger partial charge < -0.3 is 4.90 Å². The van der Waals surface area contributed by atoms with Crippen molar-refractivity contribution in [3.63, 3.8) is 0 Å². The highest BCUT2D eigenvalue weighted by Gasteiger charge is 2.39. The van der Waals surface area contributed by atoms with Gasteiger partial charge in [-0.15, -0.1) is 0 Å². The molecule has 0 N–H and O–H groups in total. The summed E-state index contributed by atoms with van der Waals surface area (Å²) in [6, 6.07) is 9.29. The summed E-state index contributed by atoms with van der Waals surface area (Å²) < 4.78 is 0. The Morgan fingerprint density at radius 3 is 3.00 bits per heavy atom. The number of hydrogen-bond donors (Lipinski definition) is 0. The molecule has 2 atom stereocenters. The summed E-state index contributed by atoms with van der Waals surface area (Å²) in [6.45, 7) is 2.16. The van der Waals surface area contributed by atoms with Crippen molar-refractivity contribution in [2.45, 2.75) is 38.3 Å². The average molecular weight is 201 g/mol. The summed E-state index contributed by atoms with van der Waals surface area (Å²) in [5.74, 6) is 0.335. The van der Waals surface area contributed by atoms with Gasteiger partial charge in [0, 0.05) is 12.5 Å². The van der Waals surface area contributed by atoms with Crippen molar-refractivity contribution in [3.05, 3.63) is 35.4 Å². The number of amides is 1. The predicted molar refractivity (Wildman–Crippen MR) is 58.4 cm³/mol. The Kier molecular flexibility index (Phi) is 1.84. The molecule has 2 aliphatic heterocycles. The quantitative estimate of drug-likeness (QED) is 0.630. The SMILES string of the molecule is CC1Cc2ccccc2C2CCC(=O)N12. The van der Waals surface area contributed by atoms with E-state index >= 15 is 0 Å². The molecule has 1 fully saturated rings. The third kappa shape index (κ3) is 1.21. The molecule has 2 aliphatic rings. The van der Waals surface area contributed by atoms with Gasteiger partial charge in [0.15, 0.2) is 0 Å². The van der Waals surface area contributed by atoms with Crippen molar-refractivity contribution in [1.82, 2.24) is 4.90 Å². The van der Waals surface area contributed by atoms with Crippen LogP contribution in [0.1, 0.15) is 36.9 Å². The van der Waals surface area contributed by atoms with E-state index in [9.17, 15) is 4.79 Å². The normalized spacial score (nSPS) is 28.9. The smallest absolute Gasteiger partial charge is 0.223 e. The number of fused-ring (bicyclic) bond motifs is 3. The van der Waals surface area contributed by atoms with Crippen LogP contribution in [0, 0.1) is 0 Å². The van der Waals surface area contributed by atoms with E-state index in [4.69, 9.17) is 0 Å². The van der Waals surface area contributed by atoms with E-state index in [2.05, 4.69) is 36.1 Å². The maximum absolute atomic E-state index is 11.8. The van der Waals surface area contributed by atoms with Crippen LogP contribution < -0.4 is 0 Å². The fraction of sp³-hybridized carbons (Fsp3) is 0.462. The monoisotopic (exact) mass is 201 g/mol. The molecule has 3 rings (SSSR count). The Labute approximate surface area is 89.9 Å². The molecule has 1 aromatic rings. The molecule has 1 amide bonds. The van der Waals surface area contributed by atoms with Gasteiger partial charge in [-0.2, -0.15) is 0 Å². The minimum absolute atomic E-state index is 0.335. The first-order valence-electron chi connectivity index (χ1n) is 5.66. The Hall–Kier alpha value is -1.31. The lowest BCUT2D eigenvalue weighted by Gasteiger charge is -2.37. The summed E-state index contributed by atoms with van der Waals surface area (Å²) in [5, 5.41) is 0. The number of carbonyl (C=O) groups excluding carboxylic acids is 1. The molecule has 1 saturated heterocycles. The van der Waals surface area contributed by atoms with E-state index < -0.39 is 0 Å². The molecular formula is C13H15NO. The highest BCUT2D eigenvalue weighted by Crippen LogP contribution is 2.40. The Morgan fingerprint density at radius 1 is 1.33 bits per heavy atom. The highest BCUT2D eigenvalue weighted by molar-refractivity contribution is 5.80. The number of benzene rings is 1. The maximum Gasteiger partial charge on any atom is 0.223 e. The molecule has 2 unspecified atom stereocenters. The molecule has 0 spiro atoms. The minimum atomic E-state index is 0.335. The molecule has 2 heteroatoms. The van der Waals surface area contributed by atoms with Crippen LogP contribution in [0.15, 0.2) is 24.3 Å². The molecule has 2 heterocycles. The Bertz CT molecular complexity index is 413. The van der Waals surface area contributed by atoms with Crippen molar-refractivity contribution < 1.29 is 4.79 Å². The van der Waals surface area contributed by atoms with Gasteiger partial charge in [-0.3, -0.25) is 4.79 Å². The summed E-state index contributed by atoms with van der Waals surface area (Å²) >= 11 is 0. The Morgan fingerprint density at radius 2 is 2.13 bits per heavy atom. The topological polar surface area (TPSA) is 20.3 Å². The van der Waals surface area contributed by atoms with E-state index in [1.165, 1.54) is 11.1 Å². The zero-order valence-electron chi connectivity index (χ0n) is 8.94. The van der Waals surface area contributed by atoms with Crippen molar-refractivity contribution in [2.75, 3.05) is 0 Å². The average Bonchev–Trinajstić information content (AvgIpc) is 2.62. The van der Waals surface area contributed by atoms with Crippen LogP contribution in [-0.4, -0.2) is 16.8 Å². The van der Waals surface area contributed by atoms with Crippen LogP contribution in [0.5, 0.6) is 0 Å². The van der Waals surface area contributed by atoms with E-state index in [1.54, 1.807) is 0 Å². The first-order chi connectivity index (χ1) is 7.27. The van der Waals surface area contributed by atoms with Gasteiger partial charge in [0.05, 0.1) is 6.04 Å². The van der Waals surface area contributed by atoms with Gasteiger partial charge in [0.1, 0.15) is 0 Å². The molecular weight excluding hydrogens is 186 g/mol. The highest BCUT2D eigenvalue weighted by atomic mass is 16.2. The van der Waals surface area contributed by atoms with Gasteiger partial charge >= 0.3 is 0 Å². The second kappa shape index (κ2) is 3.09. The van der Waals surface area contributed by atoms with Crippen LogP contribution in [-0.2, 0) is 11.2 Å². The summed E-state index contributed by atoms with van der Waals surface area (Å²) in [5.41, 5.74) is 2.81. The van der Waals surface area contributed by atoms with Gasteiger partial charge in [-0.25, -0.2) is 0 Å². The zero-order valence-corrected chi connectivity index (χ0v) is 8.94. The summed E-state index contributed by atoms with van der Waals surface area (Å²) in [7, 11) is 0. The first kappa shape index (κ1) is 8.96. The number of nitrogens with zero attached hydrogens (tertiary/aromatic N) is 1. The third-order valence-electron chi connectivity index (χ3n) is 3.66. The van der Waals surface area contributed by atoms with Crippen LogP contribution in [0.25, 0.3) is 0 Å². The van der Waals surface area contributed by atoms with Gasteiger partial charge in [0.25, 0.3) is 0 Å². The van der Waals surface area contributed by atoms with Crippen molar-refractivity contribution in [3.8, 4) is 0 Å². The lowest BCUT2D eigenvalue weighted by molar-refractivity contribution is -0.131. The molecule has 0 saturated carbocycles. The first-order valence-corrected chi connectivity index (χ1v) is 5.66. The lowest BCUT2D eigenvalue weighted by Crippen LogP contribution is -2.41. The molecule has 0 aliphatic carbocycles. The predicted octanol–water partition coefficient (Wildman–Crippen LogP) is 2.29. The fourth-order valence-electron chi connectivity index (χ4n) is 3.02. The molecule has 15 heavy (non-hydrogen) atoms. The summed E-state index contributed by atoms with van der Waals surface area (Å²) in [6.07, 6.45) is 2.74. The van der Waals surface area contributed by atoms with Gasteiger partial charge in [0.2, 0.25) is 5.91 Å². The van der Waals surface area contributed by atoms with Crippen molar-refractivity contribution in [2.24, 2.45) is 0 Å². The van der Waals surface area contributed by atoms with Crippen molar-refractivity contribution >= 4 is 5.91 Å². The van der Waals surface area contributed by atoms with Crippen LogP contribution in [0.2, 0.25) is 0 Å². The molecule has 0 bridgehead atoms. The molecule has 2 nitrogen and oxygen atoms in total. The van der Waals surface area contributed by atoms with Gasteiger partial charge in [-0.1, -0.05) is 24.3 Å². The second-order valence-electron chi connectivity index (χ2n) is 4.61. The fourth-order valence-corrected chi connectivity index (χ4v) is 3.02. The van der Waals surface area contributed by atoms with Crippen LogP contribution >= 0.6 is 0 Å². The van der Waals surface area contributed by atoms with Crippen molar-refractivity contribution in [1.29, 1.82) is 0 Å². The Balaban J connectivity index is 2.09. The lowest BCUT2D eigenvalue weighted by atomic mass is 9.89. The molecule has 1 aromatic carbocycles. The second-order valence-corrected chi connectivity index (χ2v) is 4.61. The van der Waals surface area contributed by atoms with Gasteiger partial charge in [-0.05, 0) is 30.9 Å². The maximum atomic E-state index is 11.8. The minimum Gasteiger partial charge on any atom is -0.333 e. The molecule has 0 radical (unpaired) electrons. The summed E-state index contributed by atoms with van der Waals surface area (Å²) in [4.78, 5) is 13.8. The standard InChI is InChI=1S/C13H15NO/c1-9-8-10-4-2-3-5-11(10)12-6-7-13(15)14(9)12/h2-5,9,12H,6-8H2,1H3. The van der Waals surface area contributed by atoms with E-state index in [0.717, 1.165) is 19.3 Å². The number of carbonyl (C=O) groups is 1. The largest absolute Gasteiger partial charge is 0.333 e. The van der Waals surface area contributed by atoms with E-state index in [1.807, 2.05) is 0 Å². The van der Waals surface area contributed by atoms with Crippen LogP contribution in [0.4, 0.5) is 0 Å². The number of rotatable bonds is 0. The third-order valence-corrected chi connectivity index (χ3v) is 3.66. The van der Waals surface area contributed by atoms with E-state index in [-0.39, 0.29) is 0 Å². The van der Waals surface area contributed by atoms with Crippen LogP contribution in [0.3, 0.4) is 0 Å². The molecule has 78 valence electrons. The molecule has 0 aromatic heterocycles. The van der Waals surface area contributed by atoms with E-state index in [0.29, 0.717) is 18.0 Å². The zero-order chi connectivity index (χ0) is 10.4.